The molecule has 0 radical (unpaired) electrons. The van der Waals surface area contributed by atoms with E-state index in [1.54, 1.807) is 93.6 Å². The Morgan fingerprint density at radius 3 is 0.893 bits per heavy atom. The van der Waals surface area contributed by atoms with Crippen molar-refractivity contribution < 1.29 is 70.6 Å². The van der Waals surface area contributed by atoms with Crippen LogP contribution in [0.25, 0.3) is 33.4 Å². The van der Waals surface area contributed by atoms with Gasteiger partial charge in [0.1, 0.15) is 23.3 Å². The number of hydrogen-bond acceptors (Lipinski definition) is 4. The summed E-state index contributed by atoms with van der Waals surface area (Å²) in [4.78, 5) is 0. The van der Waals surface area contributed by atoms with Crippen molar-refractivity contribution in [2.24, 2.45) is 0 Å². The number of nitrogen functional groups attached to an aromatic ring is 1. The van der Waals surface area contributed by atoms with Gasteiger partial charge in [-0.05, 0) is 145 Å². The molecule has 0 heterocycles. The standard InChI is InChI=1S/2C21H16F5N.C14H12F3N.C7H6F2O.CH4.ClH/c2*1-13-5-10-18(21(24,25)26)16(11-13)14-6-8-15(9-7-14)27-12-17-19(22)3-2-4-20(17)23;1-9-2-7-13(14(15,16)17)12(8-9)10-3-5-11(18)6-4-10;1-10-7-5(8)3-2-4-6(7)9;;/h2*2-11,27H,12H2,1H3;2-8H,18H2,1H3;2-4H,1H3;1H4;1H. The molecule has 84 heavy (non-hydrogen) atoms. The Morgan fingerprint density at radius 1 is 0.381 bits per heavy atom. The van der Waals surface area contributed by atoms with Crippen LogP contribution in [0.2, 0.25) is 0 Å². The van der Waals surface area contributed by atoms with E-state index in [1.165, 1.54) is 86.0 Å². The van der Waals surface area contributed by atoms with Crippen LogP contribution in [0.1, 0.15) is 51.9 Å². The maximum atomic E-state index is 13.6. The van der Waals surface area contributed by atoms with Crippen LogP contribution < -0.4 is 21.1 Å². The lowest BCUT2D eigenvalue weighted by atomic mass is 9.97. The molecule has 0 bridgehead atoms. The number of rotatable bonds is 10. The molecule has 0 amide bonds. The minimum atomic E-state index is -4.46. The molecule has 4 N–H and O–H groups in total. The zero-order valence-corrected chi connectivity index (χ0v) is 45.1. The SMILES string of the molecule is C.COc1c(F)cccc1F.Cc1ccc(C(F)(F)F)c(-c2ccc(N)cc2)c1.Cc1ccc(C(F)(F)F)c(-c2ccc(NCc3c(F)cccc3F)cc2)c1.Cc1ccc(C(F)(F)F)c(-c2ccc(NCc3c(F)cccc3F)cc2)c1.Cl. The molecular weight excluding hydrogens is 1150 g/mol. The van der Waals surface area contributed by atoms with Gasteiger partial charge >= 0.3 is 18.5 Å². The molecule has 0 saturated carbocycles. The second-order valence-electron chi connectivity index (χ2n) is 18.3. The Hall–Kier alpha value is -8.58. The van der Waals surface area contributed by atoms with E-state index >= 15 is 0 Å². The van der Waals surface area contributed by atoms with Crippen LogP contribution in [-0.2, 0) is 31.6 Å². The van der Waals surface area contributed by atoms with Gasteiger partial charge in [0, 0.05) is 41.3 Å². The number of alkyl halides is 9. The Kier molecular flexibility index (Phi) is 23.9. The molecule has 0 aliphatic heterocycles. The molecule has 0 aliphatic rings. The summed E-state index contributed by atoms with van der Waals surface area (Å²) < 4.78 is 202. The van der Waals surface area contributed by atoms with Crippen molar-refractivity contribution in [1.82, 2.24) is 0 Å². The summed E-state index contributed by atoms with van der Waals surface area (Å²) in [7, 11) is 1.22. The van der Waals surface area contributed by atoms with Crippen molar-refractivity contribution in [2.75, 3.05) is 23.5 Å². The second kappa shape index (κ2) is 29.6. The van der Waals surface area contributed by atoms with E-state index in [4.69, 9.17) is 5.73 Å². The van der Waals surface area contributed by atoms with Crippen LogP contribution in [0.5, 0.6) is 5.75 Å². The molecule has 444 valence electrons. The number of hydrogen-bond donors (Lipinski definition) is 3. The van der Waals surface area contributed by atoms with Crippen molar-refractivity contribution in [1.29, 1.82) is 0 Å². The third-order valence-electron chi connectivity index (χ3n) is 12.2. The highest BCUT2D eigenvalue weighted by Crippen LogP contribution is 2.41. The van der Waals surface area contributed by atoms with Crippen molar-refractivity contribution in [3.8, 4) is 39.1 Å². The van der Waals surface area contributed by atoms with Gasteiger partial charge in [0.25, 0.3) is 0 Å². The lowest BCUT2D eigenvalue weighted by Gasteiger charge is -2.15. The molecule has 0 unspecified atom stereocenters. The third-order valence-corrected chi connectivity index (χ3v) is 12.2. The first-order chi connectivity index (χ1) is 38.6. The van der Waals surface area contributed by atoms with E-state index in [9.17, 15) is 65.9 Å². The summed E-state index contributed by atoms with van der Waals surface area (Å²) in [6.07, 6.45) is -13.3. The summed E-state index contributed by atoms with van der Waals surface area (Å²) >= 11 is 0. The van der Waals surface area contributed by atoms with Gasteiger partial charge in [-0.2, -0.15) is 39.5 Å². The summed E-state index contributed by atoms with van der Waals surface area (Å²) in [5.74, 6) is -4.32. The maximum Gasteiger partial charge on any atom is 0.417 e. The average molecular weight is 1200 g/mol. The number of ether oxygens (including phenoxy) is 1. The van der Waals surface area contributed by atoms with Crippen molar-refractivity contribution >= 4 is 29.5 Å². The van der Waals surface area contributed by atoms with E-state index in [2.05, 4.69) is 15.4 Å². The number of aryl methyl sites for hydroxylation is 3. The van der Waals surface area contributed by atoms with Gasteiger partial charge in [-0.1, -0.05) is 115 Å². The van der Waals surface area contributed by atoms with Gasteiger partial charge in [0.2, 0.25) is 0 Å². The van der Waals surface area contributed by atoms with Gasteiger partial charge in [-0.3, -0.25) is 0 Å². The molecule has 0 aliphatic carbocycles. The van der Waals surface area contributed by atoms with Crippen LogP contribution >= 0.6 is 12.4 Å². The lowest BCUT2D eigenvalue weighted by molar-refractivity contribution is -0.137. The van der Waals surface area contributed by atoms with Crippen LogP contribution in [-0.4, -0.2) is 7.11 Å². The normalized spacial score (nSPS) is 11.0. The Balaban J connectivity index is 0.000000251. The molecule has 0 saturated heterocycles. The van der Waals surface area contributed by atoms with Gasteiger partial charge < -0.3 is 21.1 Å². The number of nitrogens with one attached hydrogen (secondary N) is 2. The van der Waals surface area contributed by atoms with Crippen LogP contribution in [0.15, 0.2) is 182 Å². The number of para-hydroxylation sites is 1. The van der Waals surface area contributed by atoms with Gasteiger partial charge in [-0.25, -0.2) is 26.3 Å². The van der Waals surface area contributed by atoms with Crippen molar-refractivity contribution in [3.63, 3.8) is 0 Å². The molecule has 0 fully saturated rings. The molecule has 9 aromatic carbocycles. The summed E-state index contributed by atoms with van der Waals surface area (Å²) in [6, 6.07) is 41.7. The molecule has 20 heteroatoms. The lowest BCUT2D eigenvalue weighted by Crippen LogP contribution is -2.07. The number of methoxy groups -OCH3 is 1. The van der Waals surface area contributed by atoms with E-state index in [1.807, 2.05) is 0 Å². The summed E-state index contributed by atoms with van der Waals surface area (Å²) in [5.41, 5.74) is 8.84. The minimum absolute atomic E-state index is 0. The van der Waals surface area contributed by atoms with Crippen molar-refractivity contribution in [2.45, 2.75) is 59.8 Å². The van der Waals surface area contributed by atoms with E-state index in [-0.39, 0.29) is 66.5 Å². The zero-order valence-electron chi connectivity index (χ0n) is 44.3. The van der Waals surface area contributed by atoms with Gasteiger partial charge in [0.05, 0.1) is 23.8 Å². The Morgan fingerprint density at radius 2 is 0.643 bits per heavy atom. The van der Waals surface area contributed by atoms with E-state index < -0.39 is 70.1 Å². The quantitative estimate of drug-likeness (QED) is 0.0943. The summed E-state index contributed by atoms with van der Waals surface area (Å²) in [5, 5.41) is 5.75. The molecule has 0 aromatic heterocycles. The molecule has 9 aromatic rings. The Labute approximate surface area is 482 Å². The minimum Gasteiger partial charge on any atom is -0.491 e. The van der Waals surface area contributed by atoms with E-state index in [0.717, 1.165) is 47.0 Å². The predicted molar refractivity (Wildman–Crippen MR) is 304 cm³/mol. The monoisotopic (exact) mass is 1200 g/mol. The highest BCUT2D eigenvalue weighted by molar-refractivity contribution is 5.85. The fourth-order valence-electron chi connectivity index (χ4n) is 8.09. The first kappa shape index (κ1) is 67.9. The Bertz CT molecular complexity index is 3370. The average Bonchev–Trinajstić information content (AvgIpc) is 3.63. The smallest absolute Gasteiger partial charge is 0.417 e. The zero-order chi connectivity index (χ0) is 60.1. The fraction of sp³-hybridized carbons (Fsp3) is 0.156. The van der Waals surface area contributed by atoms with Gasteiger partial charge in [0.15, 0.2) is 17.4 Å². The number of anilines is 3. The van der Waals surface area contributed by atoms with E-state index in [0.29, 0.717) is 33.8 Å². The maximum absolute atomic E-state index is 13.6. The fourth-order valence-corrected chi connectivity index (χ4v) is 8.09. The van der Waals surface area contributed by atoms with Gasteiger partial charge in [-0.15, -0.1) is 12.4 Å². The molecular formula is C64H55ClF15N3O. The molecule has 4 nitrogen and oxygen atoms in total. The predicted octanol–water partition coefficient (Wildman–Crippen LogP) is 20.4. The van der Waals surface area contributed by atoms with Crippen LogP contribution in [0.4, 0.5) is 82.9 Å². The largest absolute Gasteiger partial charge is 0.491 e. The topological polar surface area (TPSA) is 59.3 Å². The first-order valence-corrected chi connectivity index (χ1v) is 24.6. The molecule has 9 rings (SSSR count). The summed E-state index contributed by atoms with van der Waals surface area (Å²) in [6.45, 7) is 5.07. The van der Waals surface area contributed by atoms with Crippen LogP contribution in [0, 0.1) is 55.7 Å². The van der Waals surface area contributed by atoms with Crippen molar-refractivity contribution in [3.05, 3.63) is 261 Å². The highest BCUT2D eigenvalue weighted by Gasteiger charge is 2.35. The number of nitrogens with two attached hydrogens (primary N) is 1. The van der Waals surface area contributed by atoms with Crippen LogP contribution in [0.3, 0.4) is 0 Å². The third kappa shape index (κ3) is 18.5. The first-order valence-electron chi connectivity index (χ1n) is 24.6. The highest BCUT2D eigenvalue weighted by atomic mass is 35.5. The molecule has 0 atom stereocenters. The number of benzene rings is 9. The number of halogens is 16. The second-order valence-corrected chi connectivity index (χ2v) is 18.3. The molecule has 0 spiro atoms.